The van der Waals surface area contributed by atoms with Gasteiger partial charge in [-0.1, -0.05) is 69.0 Å². The summed E-state index contributed by atoms with van der Waals surface area (Å²) >= 11 is 0. The van der Waals surface area contributed by atoms with Gasteiger partial charge in [-0.2, -0.15) is 0 Å². The molecule has 320 valence electrons. The van der Waals surface area contributed by atoms with Crippen LogP contribution >= 0.6 is 0 Å². The lowest BCUT2D eigenvalue weighted by Crippen LogP contribution is -2.82. The number of Topliss-reactive ketones (excluding diaryl/α,β-unsaturated/α-hetero) is 1. The average molecular weight is 818 g/mol. The molecule has 6 rings (SSSR count). The Morgan fingerprint density at radius 2 is 1.61 bits per heavy atom. The number of fused-ring (bicyclic) bond motifs is 5. The summed E-state index contributed by atoms with van der Waals surface area (Å²) in [5.41, 5.74) is -5.07. The van der Waals surface area contributed by atoms with Crippen molar-refractivity contribution < 1.29 is 57.4 Å². The predicted octanol–water partition coefficient (Wildman–Crippen LogP) is 6.58. The highest BCUT2D eigenvalue weighted by Crippen LogP contribution is 2.65. The van der Waals surface area contributed by atoms with Crippen molar-refractivity contribution in [3.05, 3.63) is 95.3 Å². The van der Waals surface area contributed by atoms with Gasteiger partial charge in [0.05, 0.1) is 41.4 Å². The van der Waals surface area contributed by atoms with Gasteiger partial charge in [0, 0.05) is 45.8 Å². The van der Waals surface area contributed by atoms with Crippen LogP contribution in [0.1, 0.15) is 96.6 Å². The summed E-state index contributed by atoms with van der Waals surface area (Å²) < 4.78 is 43.4. The molecule has 1 saturated heterocycles. The minimum absolute atomic E-state index is 0.112. The van der Waals surface area contributed by atoms with Crippen LogP contribution in [0.15, 0.2) is 84.1 Å². The van der Waals surface area contributed by atoms with Crippen LogP contribution in [0.25, 0.3) is 0 Å². The molecule has 10 atom stereocenters. The quantitative estimate of drug-likeness (QED) is 0.108. The van der Waals surface area contributed by atoms with Gasteiger partial charge in [-0.05, 0) is 63.5 Å². The first kappa shape index (κ1) is 44.0. The summed E-state index contributed by atoms with van der Waals surface area (Å²) in [6.45, 7) is 17.9. The summed E-state index contributed by atoms with van der Waals surface area (Å²) in [6, 6.07) is 17.1. The Labute approximate surface area is 346 Å². The topological polar surface area (TPSA) is 165 Å². The van der Waals surface area contributed by atoms with Crippen molar-refractivity contribution in [2.45, 2.75) is 128 Å². The second kappa shape index (κ2) is 16.1. The zero-order valence-corrected chi connectivity index (χ0v) is 35.8. The molecule has 4 aliphatic rings. The number of ketones is 1. The number of carbonyl (C=O) groups is 4. The zero-order valence-electron chi connectivity index (χ0n) is 35.8. The Morgan fingerprint density at radius 1 is 0.983 bits per heavy atom. The van der Waals surface area contributed by atoms with E-state index in [-0.39, 0.29) is 37.2 Å². The number of methoxy groups -OCH3 is 2. The van der Waals surface area contributed by atoms with Crippen molar-refractivity contribution in [3.8, 4) is 0 Å². The Kier molecular flexibility index (Phi) is 12.0. The summed E-state index contributed by atoms with van der Waals surface area (Å²) in [5.74, 6) is -2.70. The van der Waals surface area contributed by atoms with Crippen LogP contribution in [0.3, 0.4) is 0 Å². The van der Waals surface area contributed by atoms with Gasteiger partial charge in [0.25, 0.3) is 0 Å². The van der Waals surface area contributed by atoms with Gasteiger partial charge in [-0.3, -0.25) is 9.59 Å². The van der Waals surface area contributed by atoms with Gasteiger partial charge < -0.3 is 43.6 Å². The lowest BCUT2D eigenvalue weighted by atomic mass is 9.44. The predicted molar refractivity (Wildman–Crippen MR) is 216 cm³/mol. The number of hydrogen-bond donors (Lipinski definition) is 2. The average Bonchev–Trinajstić information content (AvgIpc) is 3.16. The van der Waals surface area contributed by atoms with E-state index in [2.05, 4.69) is 11.9 Å². The van der Waals surface area contributed by atoms with Gasteiger partial charge in [-0.15, -0.1) is 0 Å². The summed E-state index contributed by atoms with van der Waals surface area (Å²) in [6.07, 6.45) is -5.70. The van der Waals surface area contributed by atoms with Crippen LogP contribution in [0.4, 0.5) is 4.79 Å². The van der Waals surface area contributed by atoms with E-state index in [0.717, 1.165) is 5.56 Å². The fraction of sp³-hybridized carbons (Fsp3) is 0.565. The molecule has 1 aliphatic heterocycles. The van der Waals surface area contributed by atoms with E-state index in [4.69, 9.17) is 33.2 Å². The number of nitrogens with one attached hydrogen (secondary N) is 1. The maximum absolute atomic E-state index is 15.6. The minimum atomic E-state index is -2.02. The Balaban J connectivity index is 1.50. The van der Waals surface area contributed by atoms with Gasteiger partial charge in [0.2, 0.25) is 0 Å². The van der Waals surface area contributed by atoms with E-state index in [1.54, 1.807) is 71.9 Å². The largest absolute Gasteiger partial charge is 0.491 e. The number of hydrogen-bond acceptors (Lipinski definition) is 12. The van der Waals surface area contributed by atoms with E-state index in [0.29, 0.717) is 11.1 Å². The molecule has 2 saturated carbocycles. The first-order valence-electron chi connectivity index (χ1n) is 20.1. The molecule has 2 aromatic rings. The van der Waals surface area contributed by atoms with Crippen molar-refractivity contribution in [2.24, 2.45) is 16.7 Å². The van der Waals surface area contributed by atoms with Crippen LogP contribution in [0.2, 0.25) is 0 Å². The normalized spacial score (nSPS) is 32.8. The van der Waals surface area contributed by atoms with E-state index >= 15 is 4.79 Å². The Morgan fingerprint density at radius 3 is 2.15 bits per heavy atom. The molecule has 2 bridgehead atoms. The highest BCUT2D eigenvalue weighted by Gasteiger charge is 2.78. The number of esters is 2. The maximum atomic E-state index is 15.6. The monoisotopic (exact) mass is 817 g/mol. The molecule has 2 N–H and O–H groups in total. The zero-order chi connectivity index (χ0) is 43.3. The molecular formula is C46H59NO12. The molecule has 3 aliphatic carbocycles. The molecule has 0 aromatic heterocycles. The molecule has 1 heterocycles. The molecular weight excluding hydrogens is 759 g/mol. The maximum Gasteiger partial charge on any atom is 0.408 e. The molecule has 1 amide bonds. The van der Waals surface area contributed by atoms with Gasteiger partial charge in [0.1, 0.15) is 35.6 Å². The van der Waals surface area contributed by atoms with Crippen molar-refractivity contribution >= 4 is 23.8 Å². The number of carbonyl (C=O) groups excluding carboxylic acids is 4. The second-order valence-corrected chi connectivity index (χ2v) is 18.0. The highest BCUT2D eigenvalue weighted by atomic mass is 16.6. The van der Waals surface area contributed by atoms with Gasteiger partial charge in [-0.25, -0.2) is 9.59 Å². The van der Waals surface area contributed by atoms with Crippen molar-refractivity contribution in [1.29, 1.82) is 0 Å². The number of benzene rings is 2. The molecule has 13 heteroatoms. The Bertz CT molecular complexity index is 1970. The summed E-state index contributed by atoms with van der Waals surface area (Å²) in [7, 11) is 2.92. The molecule has 2 aromatic carbocycles. The third-order valence-corrected chi connectivity index (χ3v) is 13.0. The number of amides is 1. The third-order valence-electron chi connectivity index (χ3n) is 13.0. The van der Waals surface area contributed by atoms with Crippen LogP contribution in [-0.2, 0) is 42.7 Å². The Hall–Kier alpha value is -4.56. The van der Waals surface area contributed by atoms with E-state index in [1.165, 1.54) is 21.1 Å². The molecule has 13 nitrogen and oxygen atoms in total. The van der Waals surface area contributed by atoms with Gasteiger partial charge in [0.15, 0.2) is 11.4 Å². The second-order valence-electron chi connectivity index (χ2n) is 18.0. The molecule has 59 heavy (non-hydrogen) atoms. The first-order chi connectivity index (χ1) is 27.6. The fourth-order valence-corrected chi connectivity index (χ4v) is 10.1. The molecule has 0 unspecified atom stereocenters. The van der Waals surface area contributed by atoms with E-state index in [1.807, 2.05) is 37.3 Å². The fourth-order valence-electron chi connectivity index (χ4n) is 10.1. The van der Waals surface area contributed by atoms with Crippen molar-refractivity contribution in [1.82, 2.24) is 5.32 Å². The number of rotatable bonds is 11. The van der Waals surface area contributed by atoms with Crippen LogP contribution in [0, 0.1) is 16.7 Å². The molecule has 0 spiro atoms. The number of ether oxygens (including phenoxy) is 7. The lowest BCUT2D eigenvalue weighted by Gasteiger charge is -2.68. The van der Waals surface area contributed by atoms with Crippen LogP contribution < -0.4 is 5.32 Å². The van der Waals surface area contributed by atoms with Crippen molar-refractivity contribution in [2.75, 3.05) is 20.8 Å². The lowest BCUT2D eigenvalue weighted by molar-refractivity contribution is -0.347. The van der Waals surface area contributed by atoms with E-state index < -0.39 is 93.9 Å². The van der Waals surface area contributed by atoms with Crippen molar-refractivity contribution in [3.63, 3.8) is 0 Å². The summed E-state index contributed by atoms with van der Waals surface area (Å²) in [4.78, 5) is 56.0. The minimum Gasteiger partial charge on any atom is -0.491 e. The van der Waals surface area contributed by atoms with Crippen LogP contribution in [-0.4, -0.2) is 97.1 Å². The number of alkyl carbamates (subject to hydrolysis) is 1. The standard InChI is InChI=1S/C46H59NO12/c1-26(22-31(29-18-14-12-15-19-29)47-41(51)59-42(4,5)6)56-32-24-46(52)39(57-40(50)30-20-16-13-17-21-30)37-44(9,38(49)36(54-11)35(27(32)2)43(46,7)8)33(53-10)23-34-45(37,25-55-34)58-28(3)48/h12-21,31-34,36-37,39,52H,1,22-25H2,2-11H3,(H,47,51)/t31-,32+,33+,34-,36-,37+,39+,44-,45+,46-/m1/s1. The SMILES string of the molecule is C=C(C[C@@H](NC(=O)OC(C)(C)C)c1ccccc1)O[C@H]1C[C@@]2(O)[C@@H](OC(=O)c3ccccc3)[C@@H]3[C@]4(OC(C)=O)CO[C@@H]4C[C@H](OC)[C@@]3(C)C(=O)[C@H](OC)C(=C1C)C2(C)C. The van der Waals surface area contributed by atoms with Crippen LogP contribution in [0.5, 0.6) is 0 Å². The molecule has 0 radical (unpaired) electrons. The third kappa shape index (κ3) is 7.71. The smallest absolute Gasteiger partial charge is 0.408 e. The van der Waals surface area contributed by atoms with Gasteiger partial charge >= 0.3 is 18.0 Å². The molecule has 3 fully saturated rings. The number of aliphatic hydroxyl groups is 1. The van der Waals surface area contributed by atoms with E-state index in [9.17, 15) is 19.5 Å². The highest BCUT2D eigenvalue weighted by molar-refractivity contribution is 5.94. The first-order valence-corrected chi connectivity index (χ1v) is 20.1. The summed E-state index contributed by atoms with van der Waals surface area (Å²) in [5, 5.41) is 16.7.